The van der Waals surface area contributed by atoms with Crippen LogP contribution in [0.5, 0.6) is 0 Å². The Balaban J connectivity index is 3.03. The minimum Gasteiger partial charge on any atom is -0.361 e. The molecular formula is C10H15NO2. The smallest absolute Gasteiger partial charge is 0.207 e. The molecule has 0 amide bonds. The molecule has 3 nitrogen and oxygen atoms in total. The molecule has 0 aliphatic carbocycles. The zero-order valence-corrected chi connectivity index (χ0v) is 7.90. The molecule has 0 saturated heterocycles. The molecule has 72 valence electrons. The monoisotopic (exact) mass is 181 g/mol. The van der Waals surface area contributed by atoms with Crippen molar-refractivity contribution in [1.29, 1.82) is 0 Å². The van der Waals surface area contributed by atoms with E-state index in [2.05, 4.69) is 0 Å². The van der Waals surface area contributed by atoms with Gasteiger partial charge >= 0.3 is 0 Å². The van der Waals surface area contributed by atoms with Crippen molar-refractivity contribution in [2.24, 2.45) is 5.73 Å². The predicted molar refractivity (Wildman–Crippen MR) is 51.0 cm³/mol. The summed E-state index contributed by atoms with van der Waals surface area (Å²) < 4.78 is 5.02. The fourth-order valence-corrected chi connectivity index (χ4v) is 1.24. The molecule has 3 N–H and O–H groups in total. The number of hydrogen-bond acceptors (Lipinski definition) is 3. The van der Waals surface area contributed by atoms with Gasteiger partial charge in [0.1, 0.15) is 0 Å². The summed E-state index contributed by atoms with van der Waals surface area (Å²) in [7, 11) is 1.44. The van der Waals surface area contributed by atoms with Gasteiger partial charge in [0.15, 0.2) is 0 Å². The molecule has 0 aromatic heterocycles. The fourth-order valence-electron chi connectivity index (χ4n) is 1.24. The van der Waals surface area contributed by atoms with E-state index in [4.69, 9.17) is 10.5 Å². The van der Waals surface area contributed by atoms with Crippen LogP contribution in [-0.4, -0.2) is 18.3 Å². The summed E-state index contributed by atoms with van der Waals surface area (Å²) in [6.45, 7) is 1.70. The van der Waals surface area contributed by atoms with E-state index < -0.39 is 11.8 Å². The molecule has 3 heteroatoms. The number of benzene rings is 1. The van der Waals surface area contributed by atoms with Gasteiger partial charge in [-0.1, -0.05) is 30.3 Å². The summed E-state index contributed by atoms with van der Waals surface area (Å²) in [5.74, 6) is -1.39. The molecule has 1 rings (SSSR count). The van der Waals surface area contributed by atoms with Gasteiger partial charge in [0.2, 0.25) is 5.79 Å². The van der Waals surface area contributed by atoms with E-state index in [1.165, 1.54) is 7.11 Å². The van der Waals surface area contributed by atoms with Crippen LogP contribution in [0.3, 0.4) is 0 Å². The number of hydrogen-bond donors (Lipinski definition) is 2. The molecule has 0 aliphatic rings. The molecule has 0 fully saturated rings. The molecule has 13 heavy (non-hydrogen) atoms. The summed E-state index contributed by atoms with van der Waals surface area (Å²) in [6.07, 6.45) is 0. The summed E-state index contributed by atoms with van der Waals surface area (Å²) in [4.78, 5) is 0. The predicted octanol–water partition coefficient (Wildman–Crippen LogP) is 0.825. The summed E-state index contributed by atoms with van der Waals surface area (Å²) >= 11 is 0. The third-order valence-corrected chi connectivity index (χ3v) is 2.12. The molecule has 1 aromatic rings. The number of nitrogens with two attached hydrogens (primary N) is 1. The first-order chi connectivity index (χ1) is 6.11. The molecule has 0 heterocycles. The highest BCUT2D eigenvalue weighted by atomic mass is 16.6. The maximum atomic E-state index is 10.0. The zero-order valence-electron chi connectivity index (χ0n) is 7.90. The van der Waals surface area contributed by atoms with E-state index in [0.717, 1.165) is 0 Å². The van der Waals surface area contributed by atoms with Gasteiger partial charge in [0.05, 0.1) is 6.04 Å². The van der Waals surface area contributed by atoms with Crippen molar-refractivity contribution in [2.45, 2.75) is 18.8 Å². The third kappa shape index (κ3) is 1.88. The average molecular weight is 181 g/mol. The lowest BCUT2D eigenvalue weighted by Crippen LogP contribution is -2.44. The van der Waals surface area contributed by atoms with Gasteiger partial charge in [-0.05, 0) is 6.92 Å². The van der Waals surface area contributed by atoms with E-state index >= 15 is 0 Å². The minimum absolute atomic E-state index is 0.472. The normalized spacial score (nSPS) is 17.8. The largest absolute Gasteiger partial charge is 0.361 e. The molecule has 2 unspecified atom stereocenters. The van der Waals surface area contributed by atoms with Crippen LogP contribution in [0.4, 0.5) is 0 Å². The molecule has 0 aliphatic heterocycles. The maximum Gasteiger partial charge on any atom is 0.207 e. The van der Waals surface area contributed by atoms with Crippen LogP contribution in [0, 0.1) is 0 Å². The highest BCUT2D eigenvalue weighted by Gasteiger charge is 2.33. The molecule has 1 aromatic carbocycles. The van der Waals surface area contributed by atoms with Gasteiger partial charge in [-0.3, -0.25) is 0 Å². The Hall–Kier alpha value is -0.900. The second-order valence-corrected chi connectivity index (χ2v) is 3.06. The number of aliphatic hydroxyl groups is 1. The zero-order chi connectivity index (χ0) is 9.90. The van der Waals surface area contributed by atoms with Crippen molar-refractivity contribution < 1.29 is 9.84 Å². The van der Waals surface area contributed by atoms with E-state index in [9.17, 15) is 5.11 Å². The second-order valence-electron chi connectivity index (χ2n) is 3.06. The van der Waals surface area contributed by atoms with E-state index in [0.29, 0.717) is 5.56 Å². The lowest BCUT2D eigenvalue weighted by atomic mass is 10.00. The van der Waals surface area contributed by atoms with Crippen LogP contribution in [-0.2, 0) is 10.5 Å². The van der Waals surface area contributed by atoms with Gasteiger partial charge in [-0.15, -0.1) is 0 Å². The van der Waals surface area contributed by atoms with E-state index in [1.54, 1.807) is 19.1 Å². The molecule has 0 saturated carbocycles. The van der Waals surface area contributed by atoms with Crippen LogP contribution < -0.4 is 5.73 Å². The standard InChI is InChI=1S/C10H15NO2/c1-8(11)10(12,13-2)9-6-4-3-5-7-9/h3-8,12H,11H2,1-2H3. The first kappa shape index (κ1) is 10.2. The van der Waals surface area contributed by atoms with Crippen molar-refractivity contribution in [3.05, 3.63) is 35.9 Å². The third-order valence-electron chi connectivity index (χ3n) is 2.12. The topological polar surface area (TPSA) is 55.5 Å². The Kier molecular flexibility index (Phi) is 3.03. The van der Waals surface area contributed by atoms with Crippen molar-refractivity contribution in [3.63, 3.8) is 0 Å². The Morgan fingerprint density at radius 1 is 1.38 bits per heavy atom. The highest BCUT2D eigenvalue weighted by molar-refractivity contribution is 5.21. The number of ether oxygens (including phenoxy) is 1. The van der Waals surface area contributed by atoms with Gasteiger partial charge in [-0.2, -0.15) is 0 Å². The van der Waals surface area contributed by atoms with Gasteiger partial charge in [0.25, 0.3) is 0 Å². The maximum absolute atomic E-state index is 10.0. The van der Waals surface area contributed by atoms with Gasteiger partial charge < -0.3 is 15.6 Å². The Morgan fingerprint density at radius 2 is 1.92 bits per heavy atom. The lowest BCUT2D eigenvalue weighted by molar-refractivity contribution is -0.205. The number of rotatable bonds is 3. The second kappa shape index (κ2) is 3.87. The quantitative estimate of drug-likeness (QED) is 0.679. The van der Waals surface area contributed by atoms with Crippen LogP contribution in [0.25, 0.3) is 0 Å². The highest BCUT2D eigenvalue weighted by Crippen LogP contribution is 2.24. The minimum atomic E-state index is -1.39. The van der Waals surface area contributed by atoms with Crippen molar-refractivity contribution in [1.82, 2.24) is 0 Å². The molecule has 0 radical (unpaired) electrons. The molecule has 0 bridgehead atoms. The Labute approximate surface area is 78.1 Å². The molecule has 0 spiro atoms. The molecular weight excluding hydrogens is 166 g/mol. The lowest BCUT2D eigenvalue weighted by Gasteiger charge is -2.30. The average Bonchev–Trinajstić information content (AvgIpc) is 2.17. The Bertz CT molecular complexity index is 261. The van der Waals surface area contributed by atoms with Crippen molar-refractivity contribution >= 4 is 0 Å². The van der Waals surface area contributed by atoms with Gasteiger partial charge in [-0.25, -0.2) is 0 Å². The number of methoxy groups -OCH3 is 1. The van der Waals surface area contributed by atoms with Crippen molar-refractivity contribution in [3.8, 4) is 0 Å². The van der Waals surface area contributed by atoms with E-state index in [1.807, 2.05) is 18.2 Å². The first-order valence-corrected chi connectivity index (χ1v) is 4.20. The summed E-state index contributed by atoms with van der Waals surface area (Å²) in [6, 6.07) is 8.64. The molecule has 2 atom stereocenters. The van der Waals surface area contributed by atoms with Crippen LogP contribution in [0.2, 0.25) is 0 Å². The van der Waals surface area contributed by atoms with Crippen LogP contribution in [0.1, 0.15) is 12.5 Å². The van der Waals surface area contributed by atoms with E-state index in [-0.39, 0.29) is 0 Å². The fraction of sp³-hybridized carbons (Fsp3) is 0.400. The van der Waals surface area contributed by atoms with Crippen LogP contribution >= 0.6 is 0 Å². The summed E-state index contributed by atoms with van der Waals surface area (Å²) in [5.41, 5.74) is 6.31. The van der Waals surface area contributed by atoms with Crippen LogP contribution in [0.15, 0.2) is 30.3 Å². The SMILES string of the molecule is COC(O)(c1ccccc1)C(C)N. The Morgan fingerprint density at radius 3 is 2.31 bits per heavy atom. The summed E-state index contributed by atoms with van der Waals surface area (Å²) in [5, 5.41) is 10.0. The first-order valence-electron chi connectivity index (χ1n) is 4.20. The van der Waals surface area contributed by atoms with Gasteiger partial charge in [0, 0.05) is 12.7 Å². The van der Waals surface area contributed by atoms with Crippen molar-refractivity contribution in [2.75, 3.05) is 7.11 Å².